The van der Waals surface area contributed by atoms with E-state index in [1.807, 2.05) is 6.07 Å². The number of aromatic amines is 1. The van der Waals surface area contributed by atoms with Crippen LogP contribution in [0.4, 0.5) is 17.1 Å². The van der Waals surface area contributed by atoms with Crippen LogP contribution in [0.3, 0.4) is 0 Å². The third-order valence-electron chi connectivity index (χ3n) is 6.74. The molecule has 5 heteroatoms. The highest BCUT2D eigenvalue weighted by molar-refractivity contribution is 5.86. The van der Waals surface area contributed by atoms with Crippen LogP contribution >= 0.6 is 0 Å². The molecule has 2 aromatic heterocycles. The number of aryl methyl sites for hydroxylation is 1. The molecular weight excluding hydrogens is 408 g/mol. The quantitative estimate of drug-likeness (QED) is 0.269. The van der Waals surface area contributed by atoms with Crippen LogP contribution in [-0.4, -0.2) is 21.6 Å². The Balaban J connectivity index is 1.25. The number of rotatable bonds is 7. The maximum atomic E-state index is 10.1. The van der Waals surface area contributed by atoms with Crippen molar-refractivity contribution in [3.05, 3.63) is 82.8 Å². The summed E-state index contributed by atoms with van der Waals surface area (Å²) >= 11 is 0. The van der Waals surface area contributed by atoms with E-state index < -0.39 is 6.10 Å². The fourth-order valence-electron chi connectivity index (χ4n) is 4.94. The van der Waals surface area contributed by atoms with Crippen molar-refractivity contribution in [3.63, 3.8) is 0 Å². The van der Waals surface area contributed by atoms with Crippen LogP contribution in [0.15, 0.2) is 54.9 Å². The minimum absolute atomic E-state index is 0.441. The summed E-state index contributed by atoms with van der Waals surface area (Å²) in [6.45, 7) is 7.49. The van der Waals surface area contributed by atoms with Crippen LogP contribution < -0.4 is 10.6 Å². The van der Waals surface area contributed by atoms with E-state index in [1.165, 1.54) is 27.6 Å². The summed E-state index contributed by atoms with van der Waals surface area (Å²) < 4.78 is 0. The summed E-state index contributed by atoms with van der Waals surface area (Å²) in [6.07, 6.45) is 6.06. The number of benzene rings is 2. The van der Waals surface area contributed by atoms with Gasteiger partial charge in [0, 0.05) is 46.9 Å². The number of para-hydroxylation sites is 1. The Morgan fingerprint density at radius 1 is 1.15 bits per heavy atom. The molecule has 0 bridgehead atoms. The van der Waals surface area contributed by atoms with Crippen LogP contribution in [0.2, 0.25) is 0 Å². The third kappa shape index (κ3) is 4.21. The van der Waals surface area contributed by atoms with Gasteiger partial charge in [-0.25, -0.2) is 0 Å². The van der Waals surface area contributed by atoms with E-state index in [1.54, 1.807) is 6.20 Å². The smallest absolute Gasteiger partial charge is 0.0966 e. The highest BCUT2D eigenvalue weighted by Crippen LogP contribution is 2.35. The van der Waals surface area contributed by atoms with E-state index in [-0.39, 0.29) is 0 Å². The van der Waals surface area contributed by atoms with E-state index in [4.69, 9.17) is 0 Å². The summed E-state index contributed by atoms with van der Waals surface area (Å²) in [4.78, 5) is 7.85. The maximum absolute atomic E-state index is 10.1. The molecule has 4 aromatic rings. The molecule has 0 saturated carbocycles. The zero-order chi connectivity index (χ0) is 22.9. The minimum atomic E-state index is -0.441. The van der Waals surface area contributed by atoms with Crippen LogP contribution in [0, 0.1) is 6.92 Å². The zero-order valence-electron chi connectivity index (χ0n) is 19.6. The van der Waals surface area contributed by atoms with Gasteiger partial charge < -0.3 is 20.7 Å². The number of aliphatic hydroxyl groups is 1. The molecule has 0 aliphatic heterocycles. The number of nitrogens with one attached hydrogen (secondary N) is 3. The average Bonchev–Trinajstić information content (AvgIpc) is 3.39. The molecule has 5 rings (SSSR count). The number of hydrogen-bond acceptors (Lipinski definition) is 4. The molecule has 0 fully saturated rings. The van der Waals surface area contributed by atoms with Gasteiger partial charge in [0.1, 0.15) is 0 Å². The highest BCUT2D eigenvalue weighted by Gasteiger charge is 2.24. The van der Waals surface area contributed by atoms with Gasteiger partial charge in [-0.15, -0.1) is 0 Å². The van der Waals surface area contributed by atoms with Crippen LogP contribution in [0.1, 0.15) is 60.2 Å². The van der Waals surface area contributed by atoms with Crippen molar-refractivity contribution in [1.82, 2.24) is 9.97 Å². The Bertz CT molecular complexity index is 1290. The topological polar surface area (TPSA) is 73.0 Å². The van der Waals surface area contributed by atoms with Gasteiger partial charge >= 0.3 is 0 Å². The summed E-state index contributed by atoms with van der Waals surface area (Å²) in [5.41, 5.74) is 10.4. The summed E-state index contributed by atoms with van der Waals surface area (Å²) in [5.74, 6) is 0.506. The molecule has 0 saturated heterocycles. The second-order valence-electron chi connectivity index (χ2n) is 9.35. The number of anilines is 3. The van der Waals surface area contributed by atoms with Gasteiger partial charge in [0.05, 0.1) is 11.8 Å². The van der Waals surface area contributed by atoms with Gasteiger partial charge in [0.25, 0.3) is 0 Å². The maximum Gasteiger partial charge on any atom is 0.0966 e. The summed E-state index contributed by atoms with van der Waals surface area (Å²) in [7, 11) is 0. The number of aliphatic hydroxyl groups excluding tert-OH is 1. The molecule has 0 amide bonds. The second-order valence-corrected chi connectivity index (χ2v) is 9.35. The Kier molecular flexibility index (Phi) is 5.81. The van der Waals surface area contributed by atoms with E-state index in [0.717, 1.165) is 54.1 Å². The first-order valence-corrected chi connectivity index (χ1v) is 11.9. The SMILES string of the molecule is Cc1cc(Nc2ccnc3c2CCC3O)ccc1NCCc1c[nH]c2c(C(C)C)cccc12. The largest absolute Gasteiger partial charge is 0.387 e. The molecule has 33 heavy (non-hydrogen) atoms. The van der Waals surface area contributed by atoms with Crippen molar-refractivity contribution in [2.75, 3.05) is 17.2 Å². The molecule has 1 aliphatic rings. The Labute approximate surface area is 195 Å². The van der Waals surface area contributed by atoms with Gasteiger partial charge in [0.15, 0.2) is 0 Å². The molecule has 1 aliphatic carbocycles. The van der Waals surface area contributed by atoms with Crippen LogP contribution in [-0.2, 0) is 12.8 Å². The second kappa shape index (κ2) is 8.91. The van der Waals surface area contributed by atoms with Crippen molar-refractivity contribution in [2.45, 2.75) is 52.1 Å². The van der Waals surface area contributed by atoms with Gasteiger partial charge in [-0.1, -0.05) is 32.0 Å². The summed E-state index contributed by atoms with van der Waals surface area (Å²) in [6, 6.07) is 15.0. The first-order chi connectivity index (χ1) is 16.0. The number of H-pyrrole nitrogens is 1. The van der Waals surface area contributed by atoms with Gasteiger partial charge in [-0.2, -0.15) is 0 Å². The van der Waals surface area contributed by atoms with Gasteiger partial charge in [0.2, 0.25) is 0 Å². The zero-order valence-corrected chi connectivity index (χ0v) is 19.6. The molecule has 2 aromatic carbocycles. The lowest BCUT2D eigenvalue weighted by atomic mass is 9.99. The number of fused-ring (bicyclic) bond motifs is 2. The number of hydrogen-bond donors (Lipinski definition) is 4. The molecule has 170 valence electrons. The van der Waals surface area contributed by atoms with E-state index in [2.05, 4.69) is 84.0 Å². The van der Waals surface area contributed by atoms with Crippen molar-refractivity contribution in [3.8, 4) is 0 Å². The third-order valence-corrected chi connectivity index (χ3v) is 6.74. The van der Waals surface area contributed by atoms with Gasteiger partial charge in [-0.3, -0.25) is 4.98 Å². The van der Waals surface area contributed by atoms with Crippen molar-refractivity contribution < 1.29 is 5.11 Å². The molecule has 0 radical (unpaired) electrons. The lowest BCUT2D eigenvalue weighted by molar-refractivity contribution is 0.176. The molecule has 2 heterocycles. The number of nitrogens with zero attached hydrogens (tertiary/aromatic N) is 1. The molecule has 4 N–H and O–H groups in total. The van der Waals surface area contributed by atoms with Crippen LogP contribution in [0.5, 0.6) is 0 Å². The molecule has 0 spiro atoms. The van der Waals surface area contributed by atoms with E-state index in [9.17, 15) is 5.11 Å². The van der Waals surface area contributed by atoms with E-state index in [0.29, 0.717) is 5.92 Å². The molecule has 1 unspecified atom stereocenters. The lowest BCUT2D eigenvalue weighted by Gasteiger charge is -2.14. The molecular formula is C28H32N4O. The Morgan fingerprint density at radius 2 is 2.03 bits per heavy atom. The van der Waals surface area contributed by atoms with Crippen molar-refractivity contribution in [2.24, 2.45) is 0 Å². The molecule has 1 atom stereocenters. The highest BCUT2D eigenvalue weighted by atomic mass is 16.3. The number of pyridine rings is 1. The molecule has 5 nitrogen and oxygen atoms in total. The summed E-state index contributed by atoms with van der Waals surface area (Å²) in [5, 5.41) is 18.6. The predicted octanol–water partition coefficient (Wildman–Crippen LogP) is 6.37. The Morgan fingerprint density at radius 3 is 2.85 bits per heavy atom. The fourth-order valence-corrected chi connectivity index (χ4v) is 4.94. The van der Waals surface area contributed by atoms with E-state index >= 15 is 0 Å². The lowest BCUT2D eigenvalue weighted by Crippen LogP contribution is -2.06. The van der Waals surface area contributed by atoms with Crippen LogP contribution in [0.25, 0.3) is 10.9 Å². The first-order valence-electron chi connectivity index (χ1n) is 11.9. The standard InChI is InChI=1S/C28H32N4O/c1-17(2)21-5-4-6-22-19(16-31-27(21)22)11-13-29-24-9-7-20(15-18(24)3)32-25-12-14-30-28-23(25)8-10-26(28)33/h4-7,9,12,14-17,26,29,31,33H,8,10-11,13H2,1-3H3,(H,30,32). The predicted molar refractivity (Wildman–Crippen MR) is 137 cm³/mol. The Hall–Kier alpha value is -3.31. The minimum Gasteiger partial charge on any atom is -0.387 e. The average molecular weight is 441 g/mol. The van der Waals surface area contributed by atoms with Gasteiger partial charge in [-0.05, 0) is 78.6 Å². The first kappa shape index (κ1) is 21.5. The fraction of sp³-hybridized carbons (Fsp3) is 0.321. The monoisotopic (exact) mass is 440 g/mol. The normalized spacial score (nSPS) is 15.2. The number of aromatic nitrogens is 2. The van der Waals surface area contributed by atoms with Crippen molar-refractivity contribution >= 4 is 28.0 Å². The van der Waals surface area contributed by atoms with Crippen molar-refractivity contribution in [1.29, 1.82) is 0 Å².